The number of amides is 1. The number of hydrogen-bond acceptors (Lipinski definition) is 6. The van der Waals surface area contributed by atoms with Gasteiger partial charge in [0.1, 0.15) is 0 Å². The Labute approximate surface area is 211 Å². The van der Waals surface area contributed by atoms with Gasteiger partial charge in [-0.1, -0.05) is 30.3 Å². The summed E-state index contributed by atoms with van der Waals surface area (Å²) in [5, 5.41) is 2.78. The summed E-state index contributed by atoms with van der Waals surface area (Å²) < 4.78 is 16.8. The number of morpholine rings is 1. The van der Waals surface area contributed by atoms with Crippen molar-refractivity contribution in [1.29, 1.82) is 0 Å². The Kier molecular flexibility index (Phi) is 8.72. The fourth-order valence-corrected chi connectivity index (χ4v) is 3.80. The minimum atomic E-state index is -0.266. The first-order valence-corrected chi connectivity index (χ1v) is 12.0. The fraction of sp³-hybridized carbons (Fsp3) is 0.241. The van der Waals surface area contributed by atoms with Gasteiger partial charge in [-0.2, -0.15) is 0 Å². The predicted molar refractivity (Wildman–Crippen MR) is 141 cm³/mol. The van der Waals surface area contributed by atoms with Gasteiger partial charge in [0.05, 0.1) is 19.8 Å². The van der Waals surface area contributed by atoms with E-state index in [9.17, 15) is 9.59 Å². The van der Waals surface area contributed by atoms with Gasteiger partial charge in [0.25, 0.3) is 5.91 Å². The number of anilines is 2. The SMILES string of the molecule is CCOc1cc(C=CC(=O)c2ccc(N3CCOCC3)cc2)ccc1OCC(=O)Nc1ccccc1. The molecule has 0 unspecified atom stereocenters. The maximum absolute atomic E-state index is 12.7. The topological polar surface area (TPSA) is 77.1 Å². The molecule has 1 heterocycles. The van der Waals surface area contributed by atoms with Crippen LogP contribution in [0.5, 0.6) is 11.5 Å². The number of carbonyl (C=O) groups excluding carboxylic acids is 2. The number of hydrogen-bond donors (Lipinski definition) is 1. The van der Waals surface area contributed by atoms with E-state index in [0.29, 0.717) is 29.4 Å². The summed E-state index contributed by atoms with van der Waals surface area (Å²) in [5.74, 6) is 0.619. The zero-order valence-electron chi connectivity index (χ0n) is 20.3. The molecule has 3 aromatic rings. The molecule has 1 saturated heterocycles. The highest BCUT2D eigenvalue weighted by Crippen LogP contribution is 2.29. The van der Waals surface area contributed by atoms with Gasteiger partial charge in [0.2, 0.25) is 0 Å². The third-order valence-electron chi connectivity index (χ3n) is 5.64. The van der Waals surface area contributed by atoms with E-state index >= 15 is 0 Å². The van der Waals surface area contributed by atoms with E-state index in [1.54, 1.807) is 24.3 Å². The van der Waals surface area contributed by atoms with Crippen LogP contribution in [-0.2, 0) is 9.53 Å². The molecule has 0 spiro atoms. The molecule has 1 aliphatic heterocycles. The van der Waals surface area contributed by atoms with Gasteiger partial charge in [-0.05, 0) is 67.1 Å². The van der Waals surface area contributed by atoms with Crippen LogP contribution >= 0.6 is 0 Å². The van der Waals surface area contributed by atoms with Crippen LogP contribution in [0, 0.1) is 0 Å². The van der Waals surface area contributed by atoms with Crippen LogP contribution in [0.4, 0.5) is 11.4 Å². The Hall–Kier alpha value is -4.10. The minimum Gasteiger partial charge on any atom is -0.490 e. The summed E-state index contributed by atoms with van der Waals surface area (Å²) in [4.78, 5) is 27.1. The second kappa shape index (κ2) is 12.6. The molecule has 0 aliphatic carbocycles. The van der Waals surface area contributed by atoms with Crippen LogP contribution in [0.25, 0.3) is 6.08 Å². The zero-order valence-corrected chi connectivity index (χ0v) is 20.3. The van der Waals surface area contributed by atoms with E-state index < -0.39 is 0 Å². The summed E-state index contributed by atoms with van der Waals surface area (Å²) in [6.45, 7) is 5.31. The number of ketones is 1. The lowest BCUT2D eigenvalue weighted by Gasteiger charge is -2.28. The van der Waals surface area contributed by atoms with Crippen molar-refractivity contribution in [2.75, 3.05) is 49.7 Å². The number of ether oxygens (including phenoxy) is 3. The van der Waals surface area contributed by atoms with E-state index in [0.717, 1.165) is 37.6 Å². The number of nitrogens with one attached hydrogen (secondary N) is 1. The van der Waals surface area contributed by atoms with Crippen LogP contribution in [0.15, 0.2) is 78.9 Å². The summed E-state index contributed by atoms with van der Waals surface area (Å²) in [6, 6.07) is 22.2. The van der Waals surface area contributed by atoms with Gasteiger partial charge in [-0.15, -0.1) is 0 Å². The number of allylic oxidation sites excluding steroid dienone is 1. The maximum atomic E-state index is 12.7. The highest BCUT2D eigenvalue weighted by molar-refractivity contribution is 6.07. The van der Waals surface area contributed by atoms with Crippen LogP contribution in [0.1, 0.15) is 22.8 Å². The Bertz CT molecular complexity index is 1190. The second-order valence-electron chi connectivity index (χ2n) is 8.19. The molecule has 36 heavy (non-hydrogen) atoms. The fourth-order valence-electron chi connectivity index (χ4n) is 3.80. The van der Waals surface area contributed by atoms with Crippen molar-refractivity contribution in [2.24, 2.45) is 0 Å². The molecule has 0 bridgehead atoms. The summed E-state index contributed by atoms with van der Waals surface area (Å²) >= 11 is 0. The van der Waals surface area contributed by atoms with Gasteiger partial charge in [-0.3, -0.25) is 9.59 Å². The Morgan fingerprint density at radius 1 is 0.944 bits per heavy atom. The smallest absolute Gasteiger partial charge is 0.262 e. The standard InChI is InChI=1S/C29H30N2O5/c1-2-35-28-20-22(9-15-27(28)36-21-29(33)30-24-6-4-3-5-7-24)8-14-26(32)23-10-12-25(13-11-23)31-16-18-34-19-17-31/h3-15,20H,2,16-19,21H2,1H3,(H,30,33). The molecular weight excluding hydrogens is 456 g/mol. The van der Waals surface area contributed by atoms with Crippen molar-refractivity contribution in [3.8, 4) is 11.5 Å². The molecular formula is C29H30N2O5. The number of rotatable bonds is 10. The van der Waals surface area contributed by atoms with Gasteiger partial charge >= 0.3 is 0 Å². The van der Waals surface area contributed by atoms with Crippen LogP contribution in [-0.4, -0.2) is 51.2 Å². The number of nitrogens with zero attached hydrogens (tertiary/aromatic N) is 1. The van der Waals surface area contributed by atoms with Crippen LogP contribution in [0.3, 0.4) is 0 Å². The Morgan fingerprint density at radius 2 is 1.69 bits per heavy atom. The number of para-hydroxylation sites is 1. The lowest BCUT2D eigenvalue weighted by molar-refractivity contribution is -0.118. The molecule has 0 saturated carbocycles. The van der Waals surface area contributed by atoms with Crippen molar-refractivity contribution in [3.05, 3.63) is 90.0 Å². The lowest BCUT2D eigenvalue weighted by Crippen LogP contribution is -2.36. The number of benzene rings is 3. The highest BCUT2D eigenvalue weighted by atomic mass is 16.5. The molecule has 1 N–H and O–H groups in total. The predicted octanol–water partition coefficient (Wildman–Crippen LogP) is 4.84. The molecule has 3 aromatic carbocycles. The quantitative estimate of drug-likeness (QED) is 0.327. The van der Waals surface area contributed by atoms with E-state index in [1.807, 2.05) is 67.6 Å². The maximum Gasteiger partial charge on any atom is 0.262 e. The highest BCUT2D eigenvalue weighted by Gasteiger charge is 2.12. The van der Waals surface area contributed by atoms with Crippen molar-refractivity contribution >= 4 is 29.1 Å². The van der Waals surface area contributed by atoms with E-state index in [1.165, 1.54) is 0 Å². The third-order valence-corrected chi connectivity index (χ3v) is 5.64. The van der Waals surface area contributed by atoms with Crippen molar-refractivity contribution in [3.63, 3.8) is 0 Å². The summed E-state index contributed by atoms with van der Waals surface area (Å²) in [6.07, 6.45) is 3.29. The molecule has 1 aliphatic rings. The van der Waals surface area contributed by atoms with Gasteiger partial charge < -0.3 is 24.4 Å². The average Bonchev–Trinajstić information content (AvgIpc) is 2.92. The summed E-state index contributed by atoms with van der Waals surface area (Å²) in [5.41, 5.74) is 3.21. The van der Waals surface area contributed by atoms with Gasteiger partial charge in [0.15, 0.2) is 23.9 Å². The third kappa shape index (κ3) is 6.96. The first kappa shape index (κ1) is 25.0. The number of carbonyl (C=O) groups is 2. The molecule has 0 atom stereocenters. The molecule has 1 fully saturated rings. The molecule has 4 rings (SSSR count). The first-order valence-electron chi connectivity index (χ1n) is 12.0. The molecule has 1 amide bonds. The van der Waals surface area contributed by atoms with Crippen LogP contribution < -0.4 is 19.7 Å². The van der Waals surface area contributed by atoms with Crippen molar-refractivity contribution in [2.45, 2.75) is 6.92 Å². The average molecular weight is 487 g/mol. The molecule has 7 heteroatoms. The first-order chi connectivity index (χ1) is 17.6. The Morgan fingerprint density at radius 3 is 2.42 bits per heavy atom. The molecule has 0 radical (unpaired) electrons. The van der Waals surface area contributed by atoms with E-state index in [-0.39, 0.29) is 18.3 Å². The summed E-state index contributed by atoms with van der Waals surface area (Å²) in [7, 11) is 0. The van der Waals surface area contributed by atoms with Crippen molar-refractivity contribution < 1.29 is 23.8 Å². The van der Waals surface area contributed by atoms with E-state index in [4.69, 9.17) is 14.2 Å². The Balaban J connectivity index is 1.36. The minimum absolute atomic E-state index is 0.0839. The van der Waals surface area contributed by atoms with E-state index in [2.05, 4.69) is 10.2 Å². The lowest BCUT2D eigenvalue weighted by atomic mass is 10.1. The zero-order chi connectivity index (χ0) is 25.2. The molecule has 7 nitrogen and oxygen atoms in total. The largest absolute Gasteiger partial charge is 0.490 e. The van der Waals surface area contributed by atoms with Crippen LogP contribution in [0.2, 0.25) is 0 Å². The molecule has 0 aromatic heterocycles. The van der Waals surface area contributed by atoms with Gasteiger partial charge in [-0.25, -0.2) is 0 Å². The normalized spacial score (nSPS) is 13.4. The molecule has 186 valence electrons. The van der Waals surface area contributed by atoms with Gasteiger partial charge in [0, 0.05) is 30.0 Å². The second-order valence-corrected chi connectivity index (χ2v) is 8.19. The monoisotopic (exact) mass is 486 g/mol. The van der Waals surface area contributed by atoms with Crippen molar-refractivity contribution in [1.82, 2.24) is 0 Å².